The number of halogens is 1. The molecule has 8 nitrogen and oxygen atoms in total. The molecule has 0 radical (unpaired) electrons. The van der Waals surface area contributed by atoms with Crippen molar-refractivity contribution in [3.63, 3.8) is 0 Å². The number of ketones is 1. The van der Waals surface area contributed by atoms with Gasteiger partial charge in [0.2, 0.25) is 5.78 Å². The number of rotatable bonds is 10. The maximum atomic E-state index is 13.3. The number of nitrogens with zero attached hydrogens (tertiary/aromatic N) is 2. The van der Waals surface area contributed by atoms with Crippen LogP contribution in [-0.2, 0) is 26.7 Å². The summed E-state index contributed by atoms with van der Waals surface area (Å²) in [5, 5.41) is 17.9. The van der Waals surface area contributed by atoms with Crippen molar-refractivity contribution in [3.05, 3.63) is 75.0 Å². The first-order chi connectivity index (χ1) is 16.7. The maximum Gasteiger partial charge on any atom is 0.333 e. The molecule has 0 saturated heterocycles. The van der Waals surface area contributed by atoms with Crippen molar-refractivity contribution in [2.45, 2.75) is 36.0 Å². The first-order valence-electron chi connectivity index (χ1n) is 10.8. The van der Waals surface area contributed by atoms with Gasteiger partial charge in [-0.1, -0.05) is 23.7 Å². The van der Waals surface area contributed by atoms with Crippen molar-refractivity contribution < 1.29 is 22.5 Å². The lowest BCUT2D eigenvalue weighted by molar-refractivity contribution is 0.100. The van der Waals surface area contributed by atoms with Gasteiger partial charge in [-0.25, -0.2) is 15.1 Å². The second kappa shape index (κ2) is 11.5. The van der Waals surface area contributed by atoms with Crippen LogP contribution in [0.1, 0.15) is 39.3 Å². The Morgan fingerprint density at radius 2 is 2.11 bits per heavy atom. The maximum absolute atomic E-state index is 13.3. The first-order valence-corrected chi connectivity index (χ1v) is 14.5. The average molecular weight is 554 g/mol. The fourth-order valence-corrected chi connectivity index (χ4v) is 6.66. The summed E-state index contributed by atoms with van der Waals surface area (Å²) in [6.07, 6.45) is 3.68. The molecule has 3 aromatic rings. The number of benzene rings is 1. The van der Waals surface area contributed by atoms with Gasteiger partial charge in [0, 0.05) is 22.8 Å². The zero-order chi connectivity index (χ0) is 25.0. The van der Waals surface area contributed by atoms with Crippen LogP contribution >= 0.6 is 34.7 Å². The largest absolute Gasteiger partial charge is 0.393 e. The highest BCUT2D eigenvalue weighted by atomic mass is 35.5. The number of thioether (sulfide) groups is 1. The van der Waals surface area contributed by atoms with Crippen molar-refractivity contribution in [3.8, 4) is 0 Å². The Bertz CT molecular complexity index is 1300. The minimum atomic E-state index is -4.06. The van der Waals surface area contributed by atoms with Gasteiger partial charge in [-0.05, 0) is 54.3 Å². The molecule has 3 atom stereocenters. The van der Waals surface area contributed by atoms with Crippen LogP contribution in [0, 0.1) is 11.8 Å². The summed E-state index contributed by atoms with van der Waals surface area (Å²) >= 11 is 9.21. The number of aliphatic hydroxyl groups is 1. The summed E-state index contributed by atoms with van der Waals surface area (Å²) in [6, 6.07) is 9.52. The first kappa shape index (κ1) is 26.2. The van der Waals surface area contributed by atoms with E-state index in [1.807, 2.05) is 35.7 Å². The number of carbonyl (C=O) groups excluding carboxylic acids is 1. The lowest BCUT2D eigenvalue weighted by atomic mass is 9.96. The zero-order valence-electron chi connectivity index (χ0n) is 18.5. The summed E-state index contributed by atoms with van der Waals surface area (Å²) in [7, 11) is -4.06. The predicted octanol–water partition coefficient (Wildman–Crippen LogP) is 3.86. The second-order valence-electron chi connectivity index (χ2n) is 8.40. The van der Waals surface area contributed by atoms with Crippen LogP contribution < -0.4 is 5.14 Å². The Labute approximate surface area is 217 Å². The number of hydrogen-bond acceptors (Lipinski definition) is 9. The van der Waals surface area contributed by atoms with Crippen molar-refractivity contribution in [1.29, 1.82) is 0 Å². The van der Waals surface area contributed by atoms with Crippen molar-refractivity contribution in [2.75, 3.05) is 6.61 Å². The van der Waals surface area contributed by atoms with E-state index in [0.29, 0.717) is 46.2 Å². The van der Waals surface area contributed by atoms with E-state index in [-0.39, 0.29) is 24.2 Å². The molecule has 0 bridgehead atoms. The number of nitrogens with two attached hydrogens (primary N) is 1. The van der Waals surface area contributed by atoms with E-state index in [0.717, 1.165) is 10.5 Å². The van der Waals surface area contributed by atoms with E-state index in [4.69, 9.17) is 16.7 Å². The molecule has 4 rings (SSSR count). The minimum absolute atomic E-state index is 0.0199. The van der Waals surface area contributed by atoms with Crippen molar-refractivity contribution >= 4 is 50.8 Å². The van der Waals surface area contributed by atoms with Crippen LogP contribution in [0.4, 0.5) is 0 Å². The average Bonchev–Trinajstić information content (AvgIpc) is 3.43. The van der Waals surface area contributed by atoms with Crippen LogP contribution in [0.25, 0.3) is 0 Å². The van der Waals surface area contributed by atoms with E-state index >= 15 is 0 Å². The number of hydrogen-bond donors (Lipinski definition) is 2. The van der Waals surface area contributed by atoms with Crippen LogP contribution in [0.3, 0.4) is 0 Å². The van der Waals surface area contributed by atoms with Gasteiger partial charge in [-0.3, -0.25) is 8.98 Å². The SMILES string of the molecule is NS(=O)(=O)OC[C@H]1C[C@@H](Cc2ncncc2C(=O)c2cc(CSc3ccccc3Cl)cs2)C[C@@H]1O. The van der Waals surface area contributed by atoms with Gasteiger partial charge in [0.15, 0.2) is 0 Å². The molecule has 1 aliphatic carbocycles. The Kier molecular flexibility index (Phi) is 8.59. The fourth-order valence-electron chi connectivity index (χ4n) is 4.15. The molecule has 3 N–H and O–H groups in total. The molecule has 35 heavy (non-hydrogen) atoms. The number of thiophene rings is 1. The normalized spacial score (nSPS) is 20.3. The van der Waals surface area contributed by atoms with E-state index in [2.05, 4.69) is 14.2 Å². The van der Waals surface area contributed by atoms with Gasteiger partial charge < -0.3 is 5.11 Å². The number of aromatic nitrogens is 2. The zero-order valence-corrected chi connectivity index (χ0v) is 21.7. The molecule has 1 aliphatic rings. The molecule has 2 aromatic heterocycles. The van der Waals surface area contributed by atoms with Gasteiger partial charge >= 0.3 is 10.3 Å². The molecule has 0 amide bonds. The topological polar surface area (TPSA) is 132 Å². The summed E-state index contributed by atoms with van der Waals surface area (Å²) in [5.41, 5.74) is 2.06. The Hall–Kier alpha value is -1.86. The van der Waals surface area contributed by atoms with Gasteiger partial charge in [0.05, 0.1) is 33.9 Å². The molecule has 0 unspecified atom stereocenters. The lowest BCUT2D eigenvalue weighted by Crippen LogP contribution is -2.24. The van der Waals surface area contributed by atoms with Crippen molar-refractivity contribution in [2.24, 2.45) is 17.0 Å². The van der Waals surface area contributed by atoms with Crippen molar-refractivity contribution in [1.82, 2.24) is 9.97 Å². The molecule has 186 valence electrons. The highest BCUT2D eigenvalue weighted by Crippen LogP contribution is 2.35. The smallest absolute Gasteiger partial charge is 0.333 e. The quantitative estimate of drug-likeness (QED) is 0.285. The molecule has 1 saturated carbocycles. The Balaban J connectivity index is 1.41. The van der Waals surface area contributed by atoms with Gasteiger partial charge in [-0.2, -0.15) is 8.42 Å². The predicted molar refractivity (Wildman–Crippen MR) is 136 cm³/mol. The van der Waals surface area contributed by atoms with Gasteiger partial charge in [-0.15, -0.1) is 23.1 Å². The molecule has 0 aliphatic heterocycles. The highest BCUT2D eigenvalue weighted by Gasteiger charge is 2.35. The van der Waals surface area contributed by atoms with Gasteiger partial charge in [0.1, 0.15) is 6.33 Å². The third-order valence-corrected chi connectivity index (χ3v) is 8.86. The highest BCUT2D eigenvalue weighted by molar-refractivity contribution is 7.98. The molecular formula is C23H24ClN3O5S3. The molecule has 1 aromatic carbocycles. The van der Waals surface area contributed by atoms with Gasteiger partial charge in [0.25, 0.3) is 0 Å². The molecule has 0 spiro atoms. The molecular weight excluding hydrogens is 530 g/mol. The number of aliphatic hydroxyl groups excluding tert-OH is 1. The van der Waals surface area contributed by atoms with E-state index in [1.54, 1.807) is 11.8 Å². The van der Waals surface area contributed by atoms with Crippen LogP contribution in [0.15, 0.2) is 53.1 Å². The second-order valence-corrected chi connectivity index (χ2v) is 12.0. The monoisotopic (exact) mass is 553 g/mol. The standard InChI is InChI=1S/C23H24ClN3O5S3/c24-18-3-1-2-4-21(18)33-11-15-8-22(34-12-15)23(29)17-9-26-13-27-19(17)6-14-5-16(20(28)7-14)10-32-35(25,30)31/h1-4,8-9,12-14,16,20,28H,5-7,10-11H2,(H2,25,30,31)/t14-,16+,20-/m0/s1. The van der Waals surface area contributed by atoms with Crippen LogP contribution in [0.5, 0.6) is 0 Å². The third-order valence-electron chi connectivity index (χ3n) is 5.83. The fraction of sp³-hybridized carbons (Fsp3) is 0.348. The molecule has 1 fully saturated rings. The van der Waals surface area contributed by atoms with E-state index in [1.165, 1.54) is 23.9 Å². The Morgan fingerprint density at radius 1 is 1.31 bits per heavy atom. The summed E-state index contributed by atoms with van der Waals surface area (Å²) < 4.78 is 26.8. The third kappa shape index (κ3) is 7.10. The van der Waals surface area contributed by atoms with Crippen LogP contribution in [0.2, 0.25) is 5.02 Å². The van der Waals surface area contributed by atoms with Crippen LogP contribution in [-0.4, -0.2) is 42.0 Å². The van der Waals surface area contributed by atoms with E-state index in [9.17, 15) is 18.3 Å². The Morgan fingerprint density at radius 3 is 2.89 bits per heavy atom. The summed E-state index contributed by atoms with van der Waals surface area (Å²) in [6.45, 7) is -0.170. The molecule has 12 heteroatoms. The summed E-state index contributed by atoms with van der Waals surface area (Å²) in [4.78, 5) is 23.3. The van der Waals surface area contributed by atoms with E-state index < -0.39 is 16.4 Å². The lowest BCUT2D eigenvalue weighted by Gasteiger charge is -2.13. The minimum Gasteiger partial charge on any atom is -0.393 e. The molecule has 2 heterocycles. The summed E-state index contributed by atoms with van der Waals surface area (Å²) in [5.74, 6) is 0.210. The number of carbonyl (C=O) groups is 1.